The average Bonchev–Trinajstić information content (AvgIpc) is 3.12. The van der Waals surface area contributed by atoms with Crippen LogP contribution in [0.4, 0.5) is 0 Å². The minimum Gasteiger partial charge on any atom is -0.228 e. The van der Waals surface area contributed by atoms with Gasteiger partial charge in [-0.15, -0.1) is 15.3 Å². The maximum atomic E-state index is 4.32. The van der Waals surface area contributed by atoms with Crippen molar-refractivity contribution in [1.29, 1.82) is 0 Å². The van der Waals surface area contributed by atoms with Crippen LogP contribution in [0.15, 0.2) is 16.8 Å². The van der Waals surface area contributed by atoms with Crippen LogP contribution in [0.3, 0.4) is 0 Å². The summed E-state index contributed by atoms with van der Waals surface area (Å²) in [6, 6.07) is 1.97. The highest BCUT2D eigenvalue weighted by molar-refractivity contribution is 7.08. The topological polar surface area (TPSA) is 87.2 Å². The first-order valence-electron chi connectivity index (χ1n) is 5.92. The van der Waals surface area contributed by atoms with E-state index < -0.39 is 0 Å². The van der Waals surface area contributed by atoms with Crippen LogP contribution in [0.2, 0.25) is 0 Å². The van der Waals surface area contributed by atoms with Gasteiger partial charge in [0.25, 0.3) is 0 Å². The van der Waals surface area contributed by atoms with Crippen LogP contribution in [-0.4, -0.2) is 40.4 Å². The van der Waals surface area contributed by atoms with Crippen molar-refractivity contribution >= 4 is 11.3 Å². The lowest BCUT2D eigenvalue weighted by atomic mass is 10.3. The van der Waals surface area contributed by atoms with Crippen LogP contribution in [0.1, 0.15) is 19.2 Å². The largest absolute Gasteiger partial charge is 0.228 e. The molecule has 8 nitrogen and oxygen atoms in total. The highest BCUT2D eigenvalue weighted by atomic mass is 32.1. The zero-order chi connectivity index (χ0) is 13.1. The summed E-state index contributed by atoms with van der Waals surface area (Å²) in [7, 11) is 0. The maximum absolute atomic E-state index is 4.32. The number of nitrogens with zero attached hydrogens (tertiary/aromatic N) is 8. The Morgan fingerprint density at radius 2 is 2.21 bits per heavy atom. The molecule has 98 valence electrons. The van der Waals surface area contributed by atoms with Crippen molar-refractivity contribution in [2.24, 2.45) is 0 Å². The first-order chi connectivity index (χ1) is 9.36. The van der Waals surface area contributed by atoms with Gasteiger partial charge >= 0.3 is 0 Å². The van der Waals surface area contributed by atoms with Gasteiger partial charge in [0, 0.05) is 17.5 Å². The lowest BCUT2D eigenvalue weighted by Crippen LogP contribution is -2.12. The van der Waals surface area contributed by atoms with E-state index in [2.05, 4.69) is 37.9 Å². The molecule has 9 heteroatoms. The van der Waals surface area contributed by atoms with E-state index >= 15 is 0 Å². The Morgan fingerprint density at radius 1 is 1.26 bits per heavy atom. The van der Waals surface area contributed by atoms with Crippen molar-refractivity contribution in [3.63, 3.8) is 0 Å². The number of aromatic nitrogens is 8. The fourth-order valence-corrected chi connectivity index (χ4v) is 2.30. The lowest BCUT2D eigenvalue weighted by Gasteiger charge is -2.00. The molecule has 0 aliphatic carbocycles. The predicted octanol–water partition coefficient (Wildman–Crippen LogP) is 0.846. The summed E-state index contributed by atoms with van der Waals surface area (Å²) < 4.78 is 1.76. The highest BCUT2D eigenvalue weighted by Gasteiger charge is 2.10. The van der Waals surface area contributed by atoms with E-state index in [-0.39, 0.29) is 0 Å². The molecule has 0 aliphatic heterocycles. The Labute approximate surface area is 113 Å². The number of hydrogen-bond acceptors (Lipinski definition) is 7. The van der Waals surface area contributed by atoms with Crippen LogP contribution in [-0.2, 0) is 13.1 Å². The molecule has 0 aromatic carbocycles. The first-order valence-corrected chi connectivity index (χ1v) is 6.86. The Balaban J connectivity index is 1.78. The summed E-state index contributed by atoms with van der Waals surface area (Å²) >= 11 is 1.60. The first kappa shape index (κ1) is 11.9. The van der Waals surface area contributed by atoms with Gasteiger partial charge in [0.1, 0.15) is 6.54 Å². The standard InChI is InChI=1S/C10H12N8S/c1-2-4-17-9(11-14-16-17)6-18-13-10(12-15-18)8-3-5-19-7-8/h3,5,7H,2,4,6H2,1H3. The summed E-state index contributed by atoms with van der Waals surface area (Å²) in [5.74, 6) is 1.35. The fourth-order valence-electron chi connectivity index (χ4n) is 1.67. The quantitative estimate of drug-likeness (QED) is 0.686. The summed E-state index contributed by atoms with van der Waals surface area (Å²) in [6.07, 6.45) is 0.975. The zero-order valence-corrected chi connectivity index (χ0v) is 11.2. The van der Waals surface area contributed by atoms with Crippen molar-refractivity contribution in [3.8, 4) is 11.4 Å². The number of hydrogen-bond donors (Lipinski definition) is 0. The predicted molar refractivity (Wildman–Crippen MR) is 68.3 cm³/mol. The van der Waals surface area contributed by atoms with Crippen molar-refractivity contribution in [2.45, 2.75) is 26.4 Å². The van der Waals surface area contributed by atoms with Crippen molar-refractivity contribution < 1.29 is 0 Å². The summed E-state index contributed by atoms with van der Waals surface area (Å²) in [5.41, 5.74) is 0.976. The molecule has 3 aromatic rings. The molecular weight excluding hydrogens is 264 g/mol. The SMILES string of the molecule is CCCn1nnnc1Cn1nnc(-c2ccsc2)n1. The van der Waals surface area contributed by atoms with Gasteiger partial charge in [-0.25, -0.2) is 4.68 Å². The second-order valence-electron chi connectivity index (χ2n) is 3.97. The molecule has 3 rings (SSSR count). The zero-order valence-electron chi connectivity index (χ0n) is 10.3. The molecule has 0 fully saturated rings. The second-order valence-corrected chi connectivity index (χ2v) is 4.75. The van der Waals surface area contributed by atoms with Gasteiger partial charge in [-0.3, -0.25) is 0 Å². The number of tetrazole rings is 2. The van der Waals surface area contributed by atoms with Crippen LogP contribution in [0.25, 0.3) is 11.4 Å². The molecule has 19 heavy (non-hydrogen) atoms. The average molecular weight is 276 g/mol. The van der Waals surface area contributed by atoms with Gasteiger partial charge in [0.2, 0.25) is 5.82 Å². The Morgan fingerprint density at radius 3 is 3.00 bits per heavy atom. The van der Waals surface area contributed by atoms with E-state index in [1.165, 1.54) is 4.80 Å². The third-order valence-electron chi connectivity index (χ3n) is 2.56. The Bertz CT molecular complexity index is 640. The summed E-state index contributed by atoms with van der Waals surface area (Å²) in [5, 5.41) is 27.9. The van der Waals surface area contributed by atoms with E-state index in [0.29, 0.717) is 12.4 Å². The van der Waals surface area contributed by atoms with Gasteiger partial charge in [-0.2, -0.15) is 16.1 Å². The van der Waals surface area contributed by atoms with Crippen molar-refractivity contribution in [1.82, 2.24) is 40.4 Å². The minimum absolute atomic E-state index is 0.421. The molecule has 0 aliphatic rings. The second kappa shape index (κ2) is 5.22. The maximum Gasteiger partial charge on any atom is 0.205 e. The monoisotopic (exact) mass is 276 g/mol. The van der Waals surface area contributed by atoms with E-state index in [9.17, 15) is 0 Å². The molecule has 0 N–H and O–H groups in total. The molecule has 0 radical (unpaired) electrons. The highest BCUT2D eigenvalue weighted by Crippen LogP contribution is 2.16. The van der Waals surface area contributed by atoms with Crippen LogP contribution in [0.5, 0.6) is 0 Å². The van der Waals surface area contributed by atoms with Gasteiger partial charge in [-0.05, 0) is 33.5 Å². The van der Waals surface area contributed by atoms with Gasteiger partial charge < -0.3 is 0 Å². The molecule has 0 bridgehead atoms. The number of rotatable bonds is 5. The molecule has 3 heterocycles. The fraction of sp³-hybridized carbons (Fsp3) is 0.400. The summed E-state index contributed by atoms with van der Waals surface area (Å²) in [6.45, 7) is 3.28. The summed E-state index contributed by atoms with van der Waals surface area (Å²) in [4.78, 5) is 1.50. The third-order valence-corrected chi connectivity index (χ3v) is 3.24. The van der Waals surface area contributed by atoms with Gasteiger partial charge in [0.15, 0.2) is 5.82 Å². The molecule has 0 unspecified atom stereocenters. The molecule has 3 aromatic heterocycles. The van der Waals surface area contributed by atoms with Crippen LogP contribution in [0, 0.1) is 0 Å². The van der Waals surface area contributed by atoms with Gasteiger partial charge in [-0.1, -0.05) is 6.92 Å². The van der Waals surface area contributed by atoms with E-state index in [1.807, 2.05) is 16.8 Å². The van der Waals surface area contributed by atoms with Gasteiger partial charge in [0.05, 0.1) is 0 Å². The molecule has 0 saturated carbocycles. The molecule has 0 amide bonds. The molecule has 0 atom stereocenters. The minimum atomic E-state index is 0.421. The van der Waals surface area contributed by atoms with E-state index in [0.717, 1.165) is 24.4 Å². The lowest BCUT2D eigenvalue weighted by molar-refractivity contribution is 0.500. The molecule has 0 saturated heterocycles. The number of aryl methyl sites for hydroxylation is 1. The van der Waals surface area contributed by atoms with Crippen molar-refractivity contribution in [2.75, 3.05) is 0 Å². The van der Waals surface area contributed by atoms with Crippen LogP contribution >= 0.6 is 11.3 Å². The smallest absolute Gasteiger partial charge is 0.205 e. The number of thiophene rings is 1. The normalized spacial score (nSPS) is 11.0. The van der Waals surface area contributed by atoms with E-state index in [4.69, 9.17) is 0 Å². The van der Waals surface area contributed by atoms with Crippen LogP contribution < -0.4 is 0 Å². The van der Waals surface area contributed by atoms with Crippen molar-refractivity contribution in [3.05, 3.63) is 22.7 Å². The Hall–Kier alpha value is -2.16. The molecular formula is C10H12N8S. The van der Waals surface area contributed by atoms with E-state index in [1.54, 1.807) is 16.0 Å². The molecule has 0 spiro atoms. The third kappa shape index (κ3) is 2.50. The Kier molecular flexibility index (Phi) is 3.27.